The van der Waals surface area contributed by atoms with Gasteiger partial charge in [0.2, 0.25) is 0 Å². The minimum atomic E-state index is -0.970. The van der Waals surface area contributed by atoms with E-state index in [-0.39, 0.29) is 0 Å². The zero-order chi connectivity index (χ0) is 16.7. The van der Waals surface area contributed by atoms with Crippen LogP contribution in [-0.2, 0) is 4.79 Å². The predicted molar refractivity (Wildman–Crippen MR) is 97.4 cm³/mol. The van der Waals surface area contributed by atoms with E-state index < -0.39 is 5.97 Å². The topological polar surface area (TPSA) is 54.6 Å². The Bertz CT molecular complexity index is 1110. The maximum absolute atomic E-state index is 11.0. The monoisotopic (exact) mass is 334 g/mol. The number of nitrogens with zero attached hydrogens (tertiary/aromatic N) is 2. The molecule has 0 aliphatic carbocycles. The van der Waals surface area contributed by atoms with E-state index in [1.165, 1.54) is 5.39 Å². The molecule has 4 aromatic rings. The van der Waals surface area contributed by atoms with Gasteiger partial charge in [0.05, 0.1) is 11.4 Å². The zero-order valence-electron chi connectivity index (χ0n) is 12.9. The van der Waals surface area contributed by atoms with E-state index in [4.69, 9.17) is 10.1 Å². The lowest BCUT2D eigenvalue weighted by molar-refractivity contribution is -0.131. The van der Waals surface area contributed by atoms with Gasteiger partial charge in [-0.2, -0.15) is 0 Å². The van der Waals surface area contributed by atoms with E-state index in [2.05, 4.69) is 24.3 Å². The van der Waals surface area contributed by atoms with Gasteiger partial charge in [0.1, 0.15) is 0 Å². The number of imidazole rings is 1. The van der Waals surface area contributed by atoms with Crippen LogP contribution in [-0.4, -0.2) is 20.5 Å². The Balaban J connectivity index is 1.97. The summed E-state index contributed by atoms with van der Waals surface area (Å²) >= 11 is 1.55. The molecule has 4 rings (SSSR count). The van der Waals surface area contributed by atoms with E-state index in [0.717, 1.165) is 39.1 Å². The van der Waals surface area contributed by atoms with E-state index in [9.17, 15) is 4.79 Å². The van der Waals surface area contributed by atoms with E-state index in [1.807, 2.05) is 34.9 Å². The van der Waals surface area contributed by atoms with Crippen LogP contribution in [0.3, 0.4) is 0 Å². The van der Waals surface area contributed by atoms with Crippen molar-refractivity contribution in [2.24, 2.45) is 0 Å². The predicted octanol–water partition coefficient (Wildman–Crippen LogP) is 4.62. The third-order valence-corrected chi connectivity index (χ3v) is 4.92. The number of aromatic nitrogens is 2. The van der Waals surface area contributed by atoms with Gasteiger partial charge in [-0.15, -0.1) is 11.3 Å². The van der Waals surface area contributed by atoms with Crippen molar-refractivity contribution in [2.75, 3.05) is 0 Å². The second-order valence-corrected chi connectivity index (χ2v) is 6.41. The molecule has 118 valence electrons. The molecule has 24 heavy (non-hydrogen) atoms. The van der Waals surface area contributed by atoms with Crippen LogP contribution in [0.1, 0.15) is 11.4 Å². The highest BCUT2D eigenvalue weighted by atomic mass is 32.1. The van der Waals surface area contributed by atoms with Crippen LogP contribution >= 0.6 is 11.3 Å². The van der Waals surface area contributed by atoms with Gasteiger partial charge in [-0.1, -0.05) is 36.4 Å². The molecule has 2 aromatic heterocycles. The molecule has 4 nitrogen and oxygen atoms in total. The highest BCUT2D eigenvalue weighted by molar-refractivity contribution is 7.15. The Morgan fingerprint density at radius 2 is 2.00 bits per heavy atom. The van der Waals surface area contributed by atoms with Crippen LogP contribution in [0.15, 0.2) is 53.9 Å². The van der Waals surface area contributed by atoms with Crippen LogP contribution in [0, 0.1) is 6.92 Å². The van der Waals surface area contributed by atoms with Crippen LogP contribution in [0.2, 0.25) is 0 Å². The highest BCUT2D eigenvalue weighted by Gasteiger charge is 2.15. The second kappa shape index (κ2) is 5.62. The average Bonchev–Trinajstić information content (AvgIpc) is 3.12. The molecular weight excluding hydrogens is 320 g/mol. The summed E-state index contributed by atoms with van der Waals surface area (Å²) < 4.78 is 1.99. The van der Waals surface area contributed by atoms with Crippen molar-refractivity contribution >= 4 is 39.1 Å². The van der Waals surface area contributed by atoms with Gasteiger partial charge >= 0.3 is 5.97 Å². The minimum absolute atomic E-state index is 0.793. The molecule has 2 aromatic carbocycles. The van der Waals surface area contributed by atoms with E-state index in [0.29, 0.717) is 0 Å². The number of hydrogen-bond donors (Lipinski definition) is 1. The summed E-state index contributed by atoms with van der Waals surface area (Å²) in [6, 6.07) is 14.3. The molecule has 0 fully saturated rings. The first kappa shape index (κ1) is 14.7. The lowest BCUT2D eigenvalue weighted by Crippen LogP contribution is -1.92. The van der Waals surface area contributed by atoms with Gasteiger partial charge in [0, 0.05) is 22.7 Å². The van der Waals surface area contributed by atoms with Crippen LogP contribution in [0.25, 0.3) is 33.1 Å². The molecule has 0 aliphatic heterocycles. The van der Waals surface area contributed by atoms with Crippen molar-refractivity contribution in [3.8, 4) is 11.3 Å². The highest BCUT2D eigenvalue weighted by Crippen LogP contribution is 2.31. The molecule has 0 radical (unpaired) electrons. The molecule has 0 aliphatic rings. The Morgan fingerprint density at radius 3 is 2.79 bits per heavy atom. The molecule has 0 unspecified atom stereocenters. The second-order valence-electron chi connectivity index (χ2n) is 5.57. The third kappa shape index (κ3) is 2.39. The molecule has 0 bridgehead atoms. The number of rotatable bonds is 3. The fourth-order valence-electron chi connectivity index (χ4n) is 2.88. The molecule has 0 saturated heterocycles. The van der Waals surface area contributed by atoms with Gasteiger partial charge in [-0.25, -0.2) is 9.78 Å². The quantitative estimate of drug-likeness (QED) is 0.556. The first-order valence-electron chi connectivity index (χ1n) is 7.50. The average molecular weight is 334 g/mol. The van der Waals surface area contributed by atoms with Crippen molar-refractivity contribution in [3.63, 3.8) is 0 Å². The number of fused-ring (bicyclic) bond motifs is 2. The van der Waals surface area contributed by atoms with E-state index >= 15 is 0 Å². The van der Waals surface area contributed by atoms with Crippen LogP contribution < -0.4 is 0 Å². The first-order valence-corrected chi connectivity index (χ1v) is 8.38. The Kier molecular flexibility index (Phi) is 3.43. The van der Waals surface area contributed by atoms with Crippen molar-refractivity contribution in [3.05, 3.63) is 65.3 Å². The number of thiazole rings is 1. The largest absolute Gasteiger partial charge is 0.478 e. The molecule has 1 N–H and O–H groups in total. The maximum Gasteiger partial charge on any atom is 0.328 e. The number of carboxylic acids is 1. The standard InChI is InChI=1S/C19H14N2O2S/c1-12-11-24-19-20-18(16(21(12)19)8-9-17(22)23)15-7-6-13-4-2-3-5-14(13)10-15/h2-11H,1H3,(H,22,23)/b9-8+. The molecule has 0 atom stereocenters. The molecule has 0 spiro atoms. The van der Waals surface area contributed by atoms with Gasteiger partial charge in [0.15, 0.2) is 4.96 Å². The van der Waals surface area contributed by atoms with Crippen LogP contribution in [0.5, 0.6) is 0 Å². The molecular formula is C19H14N2O2S. The first-order chi connectivity index (χ1) is 11.6. The van der Waals surface area contributed by atoms with Crippen molar-refractivity contribution in [1.82, 2.24) is 9.38 Å². The van der Waals surface area contributed by atoms with Gasteiger partial charge < -0.3 is 5.11 Å². The number of aryl methyl sites for hydroxylation is 1. The molecule has 0 amide bonds. The minimum Gasteiger partial charge on any atom is -0.478 e. The zero-order valence-corrected chi connectivity index (χ0v) is 13.7. The number of hydrogen-bond acceptors (Lipinski definition) is 3. The van der Waals surface area contributed by atoms with Crippen molar-refractivity contribution in [2.45, 2.75) is 6.92 Å². The SMILES string of the molecule is Cc1csc2nc(-c3ccc4ccccc4c3)c(/C=C/C(=O)O)n12. The van der Waals surface area contributed by atoms with Crippen LogP contribution in [0.4, 0.5) is 0 Å². The van der Waals surface area contributed by atoms with Gasteiger partial charge in [0.25, 0.3) is 0 Å². The lowest BCUT2D eigenvalue weighted by atomic mass is 10.0. The molecule has 0 saturated carbocycles. The Labute approximate surface area is 142 Å². The van der Waals surface area contributed by atoms with Crippen molar-refractivity contribution < 1.29 is 9.90 Å². The Morgan fingerprint density at radius 1 is 1.21 bits per heavy atom. The summed E-state index contributed by atoms with van der Waals surface area (Å²) in [5, 5.41) is 13.3. The fourth-order valence-corrected chi connectivity index (χ4v) is 3.75. The van der Waals surface area contributed by atoms with Gasteiger partial charge in [-0.3, -0.25) is 4.40 Å². The fraction of sp³-hybridized carbons (Fsp3) is 0.0526. The summed E-state index contributed by atoms with van der Waals surface area (Å²) in [6.45, 7) is 1.99. The number of carboxylic acid groups (broad SMARTS) is 1. The Hall–Kier alpha value is -2.92. The number of aliphatic carboxylic acids is 1. The maximum atomic E-state index is 11.0. The summed E-state index contributed by atoms with van der Waals surface area (Å²) in [6.07, 6.45) is 2.78. The molecule has 2 heterocycles. The lowest BCUT2D eigenvalue weighted by Gasteiger charge is -2.04. The molecule has 5 heteroatoms. The van der Waals surface area contributed by atoms with E-state index in [1.54, 1.807) is 17.4 Å². The van der Waals surface area contributed by atoms with Gasteiger partial charge in [-0.05, 0) is 29.8 Å². The summed E-state index contributed by atoms with van der Waals surface area (Å²) in [5.41, 5.74) is 3.61. The smallest absolute Gasteiger partial charge is 0.328 e. The summed E-state index contributed by atoms with van der Waals surface area (Å²) in [5.74, 6) is -0.970. The number of benzene rings is 2. The normalized spacial score (nSPS) is 11.7. The summed E-state index contributed by atoms with van der Waals surface area (Å²) in [7, 11) is 0. The third-order valence-electron chi connectivity index (χ3n) is 3.98. The van der Waals surface area contributed by atoms with Crippen molar-refractivity contribution in [1.29, 1.82) is 0 Å². The number of carbonyl (C=O) groups is 1. The summed E-state index contributed by atoms with van der Waals surface area (Å²) in [4.78, 5) is 16.6.